The van der Waals surface area contributed by atoms with Crippen molar-refractivity contribution in [1.29, 1.82) is 0 Å². The maximum Gasteiger partial charge on any atom is 0.232 e. The van der Waals surface area contributed by atoms with E-state index in [0.29, 0.717) is 23.7 Å². The Morgan fingerprint density at radius 3 is 2.53 bits per heavy atom. The molecule has 0 saturated heterocycles. The molecule has 0 radical (unpaired) electrons. The van der Waals surface area contributed by atoms with Gasteiger partial charge in [0.25, 0.3) is 0 Å². The number of nitrogens with one attached hydrogen (secondary N) is 1. The predicted molar refractivity (Wildman–Crippen MR) is 129 cm³/mol. The molecule has 0 aromatic heterocycles. The standard InChI is InChI=1S/C20H23Cl3N2O3S2/c1-30(27,28)25(19-13-16(21)8-9-18(19)23)11-4-7-20(26)24-10-12-29-14-15-5-2-3-6-17(15)22/h2-3,5-6,8-9,13H,4,7,10-12,14H2,1H3,(H,24,26). The Hall–Kier alpha value is -1.12. The van der Waals surface area contributed by atoms with E-state index >= 15 is 0 Å². The maximum absolute atomic E-state index is 12.2. The van der Waals surface area contributed by atoms with Crippen molar-refractivity contribution in [3.05, 3.63) is 63.1 Å². The molecular weight excluding hydrogens is 487 g/mol. The Bertz CT molecular complexity index is 972. The number of benzene rings is 2. The summed E-state index contributed by atoms with van der Waals surface area (Å²) in [6.07, 6.45) is 1.66. The largest absolute Gasteiger partial charge is 0.355 e. The summed E-state index contributed by atoms with van der Waals surface area (Å²) in [7, 11) is -3.56. The van der Waals surface area contributed by atoms with Gasteiger partial charge in [-0.3, -0.25) is 9.10 Å². The van der Waals surface area contributed by atoms with Crippen LogP contribution in [-0.4, -0.2) is 39.4 Å². The zero-order valence-corrected chi connectivity index (χ0v) is 20.3. The van der Waals surface area contributed by atoms with E-state index in [0.717, 1.165) is 28.3 Å². The van der Waals surface area contributed by atoms with Gasteiger partial charge in [-0.1, -0.05) is 53.0 Å². The average Bonchev–Trinajstić information content (AvgIpc) is 2.67. The lowest BCUT2D eigenvalue weighted by Gasteiger charge is -2.23. The summed E-state index contributed by atoms with van der Waals surface area (Å²) in [6.45, 7) is 0.664. The summed E-state index contributed by atoms with van der Waals surface area (Å²) in [6, 6.07) is 12.3. The zero-order valence-electron chi connectivity index (χ0n) is 16.4. The van der Waals surface area contributed by atoms with Crippen LogP contribution in [0.2, 0.25) is 15.1 Å². The normalized spacial score (nSPS) is 11.3. The fraction of sp³-hybridized carbons (Fsp3) is 0.350. The monoisotopic (exact) mass is 508 g/mol. The Labute approximate surface area is 197 Å². The lowest BCUT2D eigenvalue weighted by atomic mass is 10.2. The number of hydrogen-bond acceptors (Lipinski definition) is 4. The number of nitrogens with zero attached hydrogens (tertiary/aromatic N) is 1. The van der Waals surface area contributed by atoms with E-state index in [1.807, 2.05) is 24.3 Å². The second-order valence-electron chi connectivity index (χ2n) is 6.53. The number of rotatable bonds is 11. The highest BCUT2D eigenvalue weighted by Gasteiger charge is 2.20. The van der Waals surface area contributed by atoms with Crippen molar-refractivity contribution in [2.24, 2.45) is 0 Å². The molecule has 0 aliphatic carbocycles. The first-order valence-corrected chi connectivity index (χ1v) is 13.3. The van der Waals surface area contributed by atoms with Gasteiger partial charge in [-0.15, -0.1) is 0 Å². The third kappa shape index (κ3) is 8.19. The van der Waals surface area contributed by atoms with Crippen LogP contribution in [-0.2, 0) is 20.6 Å². The molecule has 1 amide bonds. The Kier molecular flexibility index (Phi) is 10.1. The molecule has 30 heavy (non-hydrogen) atoms. The molecule has 164 valence electrons. The second kappa shape index (κ2) is 12.1. The molecule has 0 heterocycles. The Balaban J connectivity index is 1.75. The molecule has 2 aromatic rings. The second-order valence-corrected chi connectivity index (χ2v) is 10.8. The average molecular weight is 510 g/mol. The molecule has 0 aliphatic rings. The van der Waals surface area contributed by atoms with Gasteiger partial charge in [0.05, 0.1) is 17.0 Å². The van der Waals surface area contributed by atoms with Gasteiger partial charge in [0, 0.05) is 41.1 Å². The van der Waals surface area contributed by atoms with Gasteiger partial charge >= 0.3 is 0 Å². The molecule has 0 saturated carbocycles. The van der Waals surface area contributed by atoms with Crippen molar-refractivity contribution < 1.29 is 13.2 Å². The van der Waals surface area contributed by atoms with E-state index in [-0.39, 0.29) is 23.9 Å². The van der Waals surface area contributed by atoms with E-state index in [9.17, 15) is 13.2 Å². The van der Waals surface area contributed by atoms with Crippen LogP contribution < -0.4 is 9.62 Å². The van der Waals surface area contributed by atoms with Crippen molar-refractivity contribution in [3.8, 4) is 0 Å². The molecule has 5 nitrogen and oxygen atoms in total. The van der Waals surface area contributed by atoms with E-state index < -0.39 is 10.0 Å². The molecule has 2 aromatic carbocycles. The minimum atomic E-state index is -3.56. The summed E-state index contributed by atoms with van der Waals surface area (Å²) < 4.78 is 25.5. The first-order chi connectivity index (χ1) is 14.2. The van der Waals surface area contributed by atoms with Gasteiger partial charge in [-0.25, -0.2) is 8.42 Å². The molecule has 0 unspecified atom stereocenters. The Morgan fingerprint density at radius 1 is 1.10 bits per heavy atom. The fourth-order valence-corrected chi connectivity index (χ4v) is 5.22. The summed E-state index contributed by atoms with van der Waals surface area (Å²) >= 11 is 19.9. The van der Waals surface area contributed by atoms with E-state index in [4.69, 9.17) is 34.8 Å². The van der Waals surface area contributed by atoms with Gasteiger partial charge in [-0.2, -0.15) is 11.8 Å². The molecule has 0 aliphatic heterocycles. The van der Waals surface area contributed by atoms with Crippen molar-refractivity contribution in [3.63, 3.8) is 0 Å². The molecular formula is C20H23Cl3N2O3S2. The van der Waals surface area contributed by atoms with Crippen molar-refractivity contribution in [2.45, 2.75) is 18.6 Å². The first-order valence-electron chi connectivity index (χ1n) is 9.19. The van der Waals surface area contributed by atoms with Crippen molar-refractivity contribution >= 4 is 68.2 Å². The smallest absolute Gasteiger partial charge is 0.232 e. The molecule has 0 bridgehead atoms. The maximum atomic E-state index is 12.2. The quantitative estimate of drug-likeness (QED) is 0.421. The SMILES string of the molecule is CS(=O)(=O)N(CCCC(=O)NCCSCc1ccccc1Cl)c1cc(Cl)ccc1Cl. The van der Waals surface area contributed by atoms with E-state index in [2.05, 4.69) is 5.32 Å². The number of carbonyl (C=O) groups excluding carboxylic acids is 1. The van der Waals surface area contributed by atoms with Crippen molar-refractivity contribution in [1.82, 2.24) is 5.32 Å². The number of thioether (sulfide) groups is 1. The van der Waals surface area contributed by atoms with Crippen LogP contribution in [0.5, 0.6) is 0 Å². The van der Waals surface area contributed by atoms with E-state index in [1.54, 1.807) is 23.9 Å². The van der Waals surface area contributed by atoms with Crippen molar-refractivity contribution in [2.75, 3.05) is 29.4 Å². The molecule has 10 heteroatoms. The van der Waals surface area contributed by atoms with Gasteiger partial charge in [-0.05, 0) is 36.2 Å². The van der Waals surface area contributed by atoms with Crippen LogP contribution in [0.15, 0.2) is 42.5 Å². The lowest BCUT2D eigenvalue weighted by Crippen LogP contribution is -2.32. The number of amides is 1. The van der Waals surface area contributed by atoms with Gasteiger partial charge in [0.2, 0.25) is 15.9 Å². The highest BCUT2D eigenvalue weighted by Crippen LogP contribution is 2.30. The van der Waals surface area contributed by atoms with Crippen LogP contribution in [0.25, 0.3) is 0 Å². The van der Waals surface area contributed by atoms with E-state index in [1.165, 1.54) is 10.4 Å². The van der Waals surface area contributed by atoms with Crippen LogP contribution in [0.4, 0.5) is 5.69 Å². The number of halogens is 3. The number of anilines is 1. The summed E-state index contributed by atoms with van der Waals surface area (Å²) in [4.78, 5) is 12.1. The number of carbonyl (C=O) groups is 1. The third-order valence-electron chi connectivity index (χ3n) is 4.13. The van der Waals surface area contributed by atoms with Gasteiger partial charge < -0.3 is 5.32 Å². The minimum Gasteiger partial charge on any atom is -0.355 e. The highest BCUT2D eigenvalue weighted by molar-refractivity contribution is 7.98. The molecule has 1 N–H and O–H groups in total. The Morgan fingerprint density at radius 2 is 1.83 bits per heavy atom. The van der Waals surface area contributed by atoms with Crippen LogP contribution in [0, 0.1) is 0 Å². The van der Waals surface area contributed by atoms with Crippen LogP contribution >= 0.6 is 46.6 Å². The highest BCUT2D eigenvalue weighted by atomic mass is 35.5. The predicted octanol–water partition coefficient (Wildman–Crippen LogP) is 5.24. The number of hydrogen-bond donors (Lipinski definition) is 1. The third-order valence-corrected chi connectivity index (χ3v) is 7.24. The molecule has 0 atom stereocenters. The molecule has 2 rings (SSSR count). The minimum absolute atomic E-state index is 0.126. The molecule has 0 fully saturated rings. The topological polar surface area (TPSA) is 66.5 Å². The summed E-state index contributed by atoms with van der Waals surface area (Å²) in [5, 5.41) is 4.26. The summed E-state index contributed by atoms with van der Waals surface area (Å²) in [5.74, 6) is 1.41. The molecule has 0 spiro atoms. The number of sulfonamides is 1. The zero-order chi connectivity index (χ0) is 22.1. The van der Waals surface area contributed by atoms with Gasteiger partial charge in [0.15, 0.2) is 0 Å². The first kappa shape index (κ1) is 25.1. The van der Waals surface area contributed by atoms with Gasteiger partial charge in [0.1, 0.15) is 0 Å². The lowest BCUT2D eigenvalue weighted by molar-refractivity contribution is -0.121. The fourth-order valence-electron chi connectivity index (χ4n) is 2.67. The van der Waals surface area contributed by atoms with Crippen LogP contribution in [0.1, 0.15) is 18.4 Å². The summed E-state index contributed by atoms with van der Waals surface area (Å²) in [5.41, 5.74) is 1.37. The van der Waals surface area contributed by atoms with Crippen LogP contribution in [0.3, 0.4) is 0 Å².